The molecule has 0 atom stereocenters. The van der Waals surface area contributed by atoms with Gasteiger partial charge in [-0.05, 0) is 17.7 Å². The lowest BCUT2D eigenvalue weighted by molar-refractivity contribution is 0.0992. The van der Waals surface area contributed by atoms with Gasteiger partial charge in [-0.15, -0.1) is 0 Å². The van der Waals surface area contributed by atoms with Crippen LogP contribution in [0.25, 0.3) is 0 Å². The van der Waals surface area contributed by atoms with Crippen molar-refractivity contribution in [3.05, 3.63) is 53.9 Å². The van der Waals surface area contributed by atoms with Crippen LogP contribution in [0.15, 0.2) is 42.7 Å². The first-order valence-corrected chi connectivity index (χ1v) is 5.56. The summed E-state index contributed by atoms with van der Waals surface area (Å²) in [5.74, 6) is -0.134. The second-order valence-electron chi connectivity index (χ2n) is 3.83. The maximum Gasteiger partial charge on any atom is 0.259 e. The van der Waals surface area contributed by atoms with Gasteiger partial charge in [0, 0.05) is 19.3 Å². The van der Waals surface area contributed by atoms with Gasteiger partial charge in [-0.2, -0.15) is 10.2 Å². The van der Waals surface area contributed by atoms with Crippen LogP contribution in [-0.4, -0.2) is 23.2 Å². The second kappa shape index (κ2) is 5.37. The number of nitrogens with two attached hydrogens (primary N) is 1. The number of anilines is 1. The van der Waals surface area contributed by atoms with Gasteiger partial charge < -0.3 is 10.6 Å². The third kappa shape index (κ3) is 2.36. The third-order valence-electron chi connectivity index (χ3n) is 2.71. The molecule has 1 aromatic heterocycles. The van der Waals surface area contributed by atoms with Crippen molar-refractivity contribution in [3.63, 3.8) is 0 Å². The minimum atomic E-state index is -0.134. The first kappa shape index (κ1) is 12.2. The molecule has 1 aromatic carbocycles. The number of hydrogen-bond acceptors (Lipinski definition) is 4. The molecule has 2 N–H and O–H groups in total. The number of hydrogen-bond donors (Lipinski definition) is 1. The minimum Gasteiger partial charge on any atom is -0.326 e. The van der Waals surface area contributed by atoms with Crippen LogP contribution in [0.3, 0.4) is 0 Å². The van der Waals surface area contributed by atoms with Crippen molar-refractivity contribution in [1.29, 1.82) is 0 Å². The molecule has 0 bridgehead atoms. The van der Waals surface area contributed by atoms with E-state index in [0.717, 1.165) is 11.3 Å². The molecule has 0 aliphatic rings. The van der Waals surface area contributed by atoms with E-state index < -0.39 is 0 Å². The molecule has 0 aliphatic heterocycles. The van der Waals surface area contributed by atoms with E-state index in [4.69, 9.17) is 5.73 Å². The molecule has 92 valence electrons. The molecule has 18 heavy (non-hydrogen) atoms. The van der Waals surface area contributed by atoms with E-state index in [-0.39, 0.29) is 5.91 Å². The summed E-state index contributed by atoms with van der Waals surface area (Å²) in [4.78, 5) is 13.8. The van der Waals surface area contributed by atoms with Crippen LogP contribution in [0.1, 0.15) is 15.9 Å². The zero-order chi connectivity index (χ0) is 13.0. The fourth-order valence-electron chi connectivity index (χ4n) is 1.73. The normalized spacial score (nSPS) is 10.1. The number of carbonyl (C=O) groups excluding carboxylic acids is 1. The molecule has 0 spiro atoms. The number of amides is 1. The molecule has 1 heterocycles. The Hall–Kier alpha value is -2.27. The zero-order valence-corrected chi connectivity index (χ0v) is 10.1. The molecule has 5 nitrogen and oxygen atoms in total. The van der Waals surface area contributed by atoms with Gasteiger partial charge in [-0.3, -0.25) is 4.79 Å². The van der Waals surface area contributed by atoms with Crippen LogP contribution < -0.4 is 10.6 Å². The summed E-state index contributed by atoms with van der Waals surface area (Å²) in [6.45, 7) is 0.391. The van der Waals surface area contributed by atoms with Crippen LogP contribution in [-0.2, 0) is 6.54 Å². The van der Waals surface area contributed by atoms with Gasteiger partial charge in [-0.25, -0.2) is 0 Å². The van der Waals surface area contributed by atoms with Crippen molar-refractivity contribution < 1.29 is 4.79 Å². The maximum absolute atomic E-state index is 12.2. The van der Waals surface area contributed by atoms with Crippen LogP contribution >= 0.6 is 0 Å². The fraction of sp³-hybridized carbons (Fsp3) is 0.154. The third-order valence-corrected chi connectivity index (χ3v) is 2.71. The molecule has 1 amide bonds. The Balaban J connectivity index is 2.31. The number of nitrogens with zero attached hydrogens (tertiary/aromatic N) is 3. The predicted octanol–water partition coefficient (Wildman–Crippen LogP) is 1.21. The smallest absolute Gasteiger partial charge is 0.259 e. The largest absolute Gasteiger partial charge is 0.326 e. The van der Waals surface area contributed by atoms with Gasteiger partial charge in [0.05, 0.1) is 18.0 Å². The highest BCUT2D eigenvalue weighted by Crippen LogP contribution is 2.20. The Kier molecular flexibility index (Phi) is 3.64. The molecular weight excluding hydrogens is 228 g/mol. The summed E-state index contributed by atoms with van der Waals surface area (Å²) >= 11 is 0. The Morgan fingerprint density at radius 3 is 2.72 bits per heavy atom. The molecule has 2 rings (SSSR count). The van der Waals surface area contributed by atoms with Gasteiger partial charge >= 0.3 is 0 Å². The number of rotatable bonds is 3. The van der Waals surface area contributed by atoms with E-state index in [1.807, 2.05) is 24.3 Å². The summed E-state index contributed by atoms with van der Waals surface area (Å²) < 4.78 is 0. The fourth-order valence-corrected chi connectivity index (χ4v) is 1.73. The average molecular weight is 242 g/mol. The first-order valence-electron chi connectivity index (χ1n) is 5.56. The highest BCUT2D eigenvalue weighted by Gasteiger charge is 2.15. The first-order chi connectivity index (χ1) is 8.74. The maximum atomic E-state index is 12.2. The molecule has 0 aliphatic carbocycles. The second-order valence-corrected chi connectivity index (χ2v) is 3.83. The number of aromatic nitrogens is 2. The molecular formula is C13H14N4O. The average Bonchev–Trinajstić information content (AvgIpc) is 2.46. The Morgan fingerprint density at radius 1 is 1.28 bits per heavy atom. The van der Waals surface area contributed by atoms with Gasteiger partial charge in [0.1, 0.15) is 0 Å². The molecule has 0 fully saturated rings. The Labute approximate surface area is 105 Å². The number of carbonyl (C=O) groups is 1. The monoisotopic (exact) mass is 242 g/mol. The molecule has 0 saturated carbocycles. The van der Waals surface area contributed by atoms with Gasteiger partial charge in [-0.1, -0.05) is 18.2 Å². The van der Waals surface area contributed by atoms with Crippen LogP contribution in [0.4, 0.5) is 5.69 Å². The van der Waals surface area contributed by atoms with Crippen molar-refractivity contribution >= 4 is 11.6 Å². The van der Waals surface area contributed by atoms with Crippen LogP contribution in [0, 0.1) is 0 Å². The minimum absolute atomic E-state index is 0.134. The predicted molar refractivity (Wildman–Crippen MR) is 69.1 cm³/mol. The Morgan fingerprint density at radius 2 is 2.06 bits per heavy atom. The van der Waals surface area contributed by atoms with Gasteiger partial charge in [0.2, 0.25) is 0 Å². The summed E-state index contributed by atoms with van der Waals surface area (Å²) in [5.41, 5.74) is 7.90. The SMILES string of the molecule is CN(C(=O)c1ccnnc1)c1ccccc1CN. The van der Waals surface area contributed by atoms with E-state index in [9.17, 15) is 4.79 Å². The molecule has 5 heteroatoms. The summed E-state index contributed by atoms with van der Waals surface area (Å²) in [7, 11) is 1.72. The van der Waals surface area contributed by atoms with E-state index in [0.29, 0.717) is 12.1 Å². The van der Waals surface area contributed by atoms with E-state index in [1.54, 1.807) is 18.0 Å². The van der Waals surface area contributed by atoms with Crippen molar-refractivity contribution in [2.75, 3.05) is 11.9 Å². The van der Waals surface area contributed by atoms with E-state index >= 15 is 0 Å². The summed E-state index contributed by atoms with van der Waals surface area (Å²) in [6, 6.07) is 9.19. The zero-order valence-electron chi connectivity index (χ0n) is 10.1. The highest BCUT2D eigenvalue weighted by atomic mass is 16.2. The lowest BCUT2D eigenvalue weighted by Crippen LogP contribution is -2.27. The van der Waals surface area contributed by atoms with Crippen molar-refractivity contribution in [1.82, 2.24) is 10.2 Å². The molecule has 2 aromatic rings. The molecule has 0 saturated heterocycles. The molecule has 0 radical (unpaired) electrons. The van der Waals surface area contributed by atoms with E-state index in [1.165, 1.54) is 12.4 Å². The van der Waals surface area contributed by atoms with Crippen LogP contribution in [0.2, 0.25) is 0 Å². The summed E-state index contributed by atoms with van der Waals surface area (Å²) in [6.07, 6.45) is 2.94. The van der Waals surface area contributed by atoms with Gasteiger partial charge in [0.15, 0.2) is 0 Å². The Bertz CT molecular complexity index is 542. The highest BCUT2D eigenvalue weighted by molar-refractivity contribution is 6.05. The standard InChI is InChI=1S/C13H14N4O/c1-17(12-5-3-2-4-10(12)8-14)13(18)11-6-7-15-16-9-11/h2-7,9H,8,14H2,1H3. The van der Waals surface area contributed by atoms with E-state index in [2.05, 4.69) is 10.2 Å². The lowest BCUT2D eigenvalue weighted by Gasteiger charge is -2.20. The lowest BCUT2D eigenvalue weighted by atomic mass is 10.1. The topological polar surface area (TPSA) is 72.1 Å². The number of para-hydroxylation sites is 1. The van der Waals surface area contributed by atoms with Crippen molar-refractivity contribution in [3.8, 4) is 0 Å². The van der Waals surface area contributed by atoms with Crippen molar-refractivity contribution in [2.45, 2.75) is 6.54 Å². The quantitative estimate of drug-likeness (QED) is 0.878. The van der Waals surface area contributed by atoms with Gasteiger partial charge in [0.25, 0.3) is 5.91 Å². The molecule has 0 unspecified atom stereocenters. The van der Waals surface area contributed by atoms with Crippen molar-refractivity contribution in [2.24, 2.45) is 5.73 Å². The van der Waals surface area contributed by atoms with Crippen LogP contribution in [0.5, 0.6) is 0 Å². The summed E-state index contributed by atoms with van der Waals surface area (Å²) in [5, 5.41) is 7.36. The number of benzene rings is 1.